The first-order valence-electron chi connectivity index (χ1n) is 9.71. The average Bonchev–Trinajstić information content (AvgIpc) is 3.13. The van der Waals surface area contributed by atoms with Gasteiger partial charge in [0.05, 0.1) is 34.4 Å². The minimum Gasteiger partial charge on any atom is -0.465 e. The summed E-state index contributed by atoms with van der Waals surface area (Å²) in [7, 11) is 1.27. The molecule has 33 heavy (non-hydrogen) atoms. The number of hydrogen-bond acceptors (Lipinski definition) is 8. The number of fused-ring (bicyclic) bond motifs is 1. The number of nitro groups is 1. The van der Waals surface area contributed by atoms with Crippen LogP contribution in [0.3, 0.4) is 0 Å². The number of ether oxygens (including phenoxy) is 2. The van der Waals surface area contributed by atoms with E-state index in [4.69, 9.17) is 9.47 Å². The number of benzene rings is 2. The van der Waals surface area contributed by atoms with Crippen LogP contribution >= 0.6 is 11.3 Å². The summed E-state index contributed by atoms with van der Waals surface area (Å²) < 4.78 is 11.9. The third-order valence-corrected chi connectivity index (χ3v) is 5.44. The molecule has 11 heteroatoms. The van der Waals surface area contributed by atoms with Gasteiger partial charge in [-0.15, -0.1) is 0 Å². The fourth-order valence-electron chi connectivity index (χ4n) is 2.93. The Hall–Kier alpha value is -4.12. The van der Waals surface area contributed by atoms with Gasteiger partial charge in [0.25, 0.3) is 11.6 Å². The van der Waals surface area contributed by atoms with E-state index in [9.17, 15) is 24.5 Å². The summed E-state index contributed by atoms with van der Waals surface area (Å²) in [5.41, 5.74) is 1.28. The number of esters is 2. The normalized spacial score (nSPS) is 11.6. The molecular weight excluding hydrogens is 450 g/mol. The van der Waals surface area contributed by atoms with Crippen LogP contribution in [0, 0.1) is 10.1 Å². The topological polar surface area (TPSA) is 130 Å². The van der Waals surface area contributed by atoms with Gasteiger partial charge in [0.1, 0.15) is 6.54 Å². The van der Waals surface area contributed by atoms with Crippen molar-refractivity contribution in [3.05, 3.63) is 74.6 Å². The van der Waals surface area contributed by atoms with Gasteiger partial charge < -0.3 is 14.0 Å². The zero-order chi connectivity index (χ0) is 24.0. The largest absolute Gasteiger partial charge is 0.465 e. The molecule has 0 aliphatic rings. The maximum Gasteiger partial charge on any atom is 0.337 e. The molecule has 0 atom stereocenters. The molecule has 2 aromatic carbocycles. The number of carbonyl (C=O) groups is 3. The molecule has 170 valence electrons. The zero-order valence-electron chi connectivity index (χ0n) is 17.7. The van der Waals surface area contributed by atoms with E-state index >= 15 is 0 Å². The highest BCUT2D eigenvalue weighted by molar-refractivity contribution is 7.16. The standard InChI is InChI=1S/C22H19N3O7S/c1-3-32-20(27)13-24-17-9-8-15(21(28)31-2)12-18(17)33-22(24)23-19(26)10-7-14-5-4-6-16(11-14)25(29)30/h4-12H,3,13H2,1-2H3/b10-7+,23-22?. The van der Waals surface area contributed by atoms with Crippen LogP contribution in [-0.4, -0.2) is 41.1 Å². The maximum atomic E-state index is 12.5. The Balaban J connectivity index is 2.00. The van der Waals surface area contributed by atoms with Gasteiger partial charge in [-0.2, -0.15) is 4.99 Å². The van der Waals surface area contributed by atoms with Crippen molar-refractivity contribution in [3.63, 3.8) is 0 Å². The molecule has 1 aromatic heterocycles. The Morgan fingerprint density at radius 3 is 2.70 bits per heavy atom. The number of rotatable bonds is 7. The number of nitro benzene ring substituents is 1. The molecule has 0 aliphatic heterocycles. The molecule has 3 rings (SSSR count). The number of aromatic nitrogens is 1. The highest BCUT2D eigenvalue weighted by Gasteiger charge is 2.14. The minimum absolute atomic E-state index is 0.0975. The molecule has 1 heterocycles. The van der Waals surface area contributed by atoms with Crippen molar-refractivity contribution in [2.24, 2.45) is 4.99 Å². The lowest BCUT2D eigenvalue weighted by Crippen LogP contribution is -2.22. The second kappa shape index (κ2) is 10.5. The number of thiazole rings is 1. The lowest BCUT2D eigenvalue weighted by molar-refractivity contribution is -0.384. The summed E-state index contributed by atoms with van der Waals surface area (Å²) in [5.74, 6) is -1.65. The molecule has 0 radical (unpaired) electrons. The van der Waals surface area contributed by atoms with Crippen LogP contribution in [0.5, 0.6) is 0 Å². The average molecular weight is 469 g/mol. The second-order valence-corrected chi connectivity index (χ2v) is 7.59. The molecule has 3 aromatic rings. The van der Waals surface area contributed by atoms with E-state index in [1.165, 1.54) is 42.0 Å². The molecule has 0 saturated carbocycles. The van der Waals surface area contributed by atoms with Crippen molar-refractivity contribution >= 4 is 51.2 Å². The predicted octanol–water partition coefficient (Wildman–Crippen LogP) is 3.10. The minimum atomic E-state index is -0.626. The van der Waals surface area contributed by atoms with Crippen LogP contribution in [0.1, 0.15) is 22.8 Å². The van der Waals surface area contributed by atoms with E-state index in [-0.39, 0.29) is 23.6 Å². The van der Waals surface area contributed by atoms with Crippen molar-refractivity contribution in [2.75, 3.05) is 13.7 Å². The van der Waals surface area contributed by atoms with Crippen molar-refractivity contribution in [2.45, 2.75) is 13.5 Å². The molecule has 0 spiro atoms. The summed E-state index contributed by atoms with van der Waals surface area (Å²) in [6.45, 7) is 1.71. The van der Waals surface area contributed by atoms with Crippen LogP contribution < -0.4 is 4.80 Å². The molecule has 0 bridgehead atoms. The molecular formula is C22H19N3O7S. The number of amides is 1. The Morgan fingerprint density at radius 2 is 2.00 bits per heavy atom. The molecule has 0 aliphatic carbocycles. The van der Waals surface area contributed by atoms with Crippen molar-refractivity contribution in [3.8, 4) is 0 Å². The summed E-state index contributed by atoms with van der Waals surface area (Å²) >= 11 is 1.12. The lowest BCUT2D eigenvalue weighted by atomic mass is 10.2. The van der Waals surface area contributed by atoms with Gasteiger partial charge in [-0.25, -0.2) is 4.79 Å². The monoisotopic (exact) mass is 469 g/mol. The SMILES string of the molecule is CCOC(=O)Cn1c(=NC(=O)/C=C/c2cccc([N+](=O)[O-])c2)sc2cc(C(=O)OC)ccc21. The highest BCUT2D eigenvalue weighted by atomic mass is 32.1. The first kappa shape index (κ1) is 23.5. The van der Waals surface area contributed by atoms with Crippen LogP contribution in [0.4, 0.5) is 5.69 Å². The third-order valence-electron chi connectivity index (χ3n) is 4.40. The summed E-state index contributed by atoms with van der Waals surface area (Å²) in [4.78, 5) is 51.1. The van der Waals surface area contributed by atoms with Crippen LogP contribution in [-0.2, 0) is 25.6 Å². The fraction of sp³-hybridized carbons (Fsp3) is 0.182. The third kappa shape index (κ3) is 5.77. The van der Waals surface area contributed by atoms with Crippen LogP contribution in [0.2, 0.25) is 0 Å². The van der Waals surface area contributed by atoms with E-state index in [1.807, 2.05) is 0 Å². The van der Waals surface area contributed by atoms with Crippen molar-refractivity contribution in [1.82, 2.24) is 4.57 Å². The smallest absolute Gasteiger partial charge is 0.337 e. The van der Waals surface area contributed by atoms with Crippen LogP contribution in [0.15, 0.2) is 53.5 Å². The summed E-state index contributed by atoms with van der Waals surface area (Å²) in [6, 6.07) is 10.6. The van der Waals surface area contributed by atoms with Crippen LogP contribution in [0.25, 0.3) is 16.3 Å². The Labute approximate surface area is 191 Å². The van der Waals surface area contributed by atoms with E-state index in [0.29, 0.717) is 21.3 Å². The summed E-state index contributed by atoms with van der Waals surface area (Å²) in [5, 5.41) is 10.9. The van der Waals surface area contributed by atoms with Gasteiger partial charge in [0.15, 0.2) is 4.80 Å². The second-order valence-electron chi connectivity index (χ2n) is 6.59. The first-order chi connectivity index (χ1) is 15.8. The number of nitrogens with zero attached hydrogens (tertiary/aromatic N) is 3. The van der Waals surface area contributed by atoms with Gasteiger partial charge in [0.2, 0.25) is 0 Å². The zero-order valence-corrected chi connectivity index (χ0v) is 18.5. The predicted molar refractivity (Wildman–Crippen MR) is 120 cm³/mol. The van der Waals surface area contributed by atoms with Gasteiger partial charge in [0, 0.05) is 18.2 Å². The number of methoxy groups -OCH3 is 1. The number of hydrogen-bond donors (Lipinski definition) is 0. The Bertz CT molecular complexity index is 1340. The van der Waals surface area contributed by atoms with Gasteiger partial charge in [-0.3, -0.25) is 19.7 Å². The van der Waals surface area contributed by atoms with E-state index in [1.54, 1.807) is 31.2 Å². The van der Waals surface area contributed by atoms with Gasteiger partial charge in [-0.05, 0) is 36.8 Å². The van der Waals surface area contributed by atoms with Gasteiger partial charge >= 0.3 is 11.9 Å². The van der Waals surface area contributed by atoms with Crippen molar-refractivity contribution in [1.29, 1.82) is 0 Å². The maximum absolute atomic E-state index is 12.5. The van der Waals surface area contributed by atoms with E-state index in [2.05, 4.69) is 4.99 Å². The quantitative estimate of drug-likeness (QED) is 0.225. The molecule has 1 amide bonds. The molecule has 0 fully saturated rings. The fourth-order valence-corrected chi connectivity index (χ4v) is 4.01. The number of non-ortho nitro benzene ring substituents is 1. The van der Waals surface area contributed by atoms with Crippen molar-refractivity contribution < 1.29 is 28.8 Å². The summed E-state index contributed by atoms with van der Waals surface area (Å²) in [6.07, 6.45) is 2.59. The van der Waals surface area contributed by atoms with E-state index < -0.39 is 22.8 Å². The van der Waals surface area contributed by atoms with Gasteiger partial charge in [-0.1, -0.05) is 23.5 Å². The first-order valence-corrected chi connectivity index (χ1v) is 10.5. The molecule has 0 N–H and O–H groups in total. The molecule has 0 unspecified atom stereocenters. The Kier molecular flexibility index (Phi) is 7.46. The molecule has 0 saturated heterocycles. The lowest BCUT2D eigenvalue weighted by Gasteiger charge is -2.05. The Morgan fingerprint density at radius 1 is 1.21 bits per heavy atom. The highest BCUT2D eigenvalue weighted by Crippen LogP contribution is 2.20. The molecule has 10 nitrogen and oxygen atoms in total. The number of carbonyl (C=O) groups excluding carboxylic acids is 3. The van der Waals surface area contributed by atoms with E-state index in [0.717, 1.165) is 11.3 Å².